The van der Waals surface area contributed by atoms with Gasteiger partial charge in [-0.1, -0.05) is 13.8 Å². The molecule has 0 bridgehead atoms. The van der Waals surface area contributed by atoms with E-state index in [1.54, 1.807) is 33.8 Å². The molecule has 150 valence electrons. The number of nitrogens with zero attached hydrogens (tertiary/aromatic N) is 5. The van der Waals surface area contributed by atoms with Crippen LogP contribution in [0.5, 0.6) is 0 Å². The van der Waals surface area contributed by atoms with Crippen molar-refractivity contribution in [1.82, 2.24) is 24.3 Å². The molecule has 0 spiro atoms. The molecule has 28 heavy (non-hydrogen) atoms. The average Bonchev–Trinajstić information content (AvgIpc) is 3.32. The van der Waals surface area contributed by atoms with Crippen LogP contribution in [0.4, 0.5) is 0 Å². The Morgan fingerprint density at radius 1 is 1.29 bits per heavy atom. The quantitative estimate of drug-likeness (QED) is 0.682. The first-order valence-corrected chi connectivity index (χ1v) is 8.91. The molecule has 0 radical (unpaired) electrons. The predicted octanol–water partition coefficient (Wildman–Crippen LogP) is 0.398. The van der Waals surface area contributed by atoms with Crippen LogP contribution < -0.4 is 5.69 Å². The fourth-order valence-corrected chi connectivity index (χ4v) is 3.16. The van der Waals surface area contributed by atoms with Crippen molar-refractivity contribution in [2.45, 2.75) is 58.2 Å². The topological polar surface area (TPSA) is 120 Å². The van der Waals surface area contributed by atoms with Crippen LogP contribution in [-0.4, -0.2) is 54.6 Å². The minimum absolute atomic E-state index is 0.319. The van der Waals surface area contributed by atoms with Crippen LogP contribution in [0.3, 0.4) is 0 Å². The maximum absolute atomic E-state index is 12.6. The summed E-state index contributed by atoms with van der Waals surface area (Å²) in [5, 5.41) is 3.95. The van der Waals surface area contributed by atoms with Gasteiger partial charge in [0.1, 0.15) is 18.8 Å². The maximum atomic E-state index is 12.6. The normalized spacial score (nSPS) is 28.5. The molecule has 4 atom stereocenters. The lowest BCUT2D eigenvalue weighted by molar-refractivity contribution is -0.242. The molecule has 0 saturated carbocycles. The Hall–Kier alpha value is -2.63. The van der Waals surface area contributed by atoms with Crippen LogP contribution >= 0.6 is 0 Å². The zero-order chi connectivity index (χ0) is 20.1. The van der Waals surface area contributed by atoms with Gasteiger partial charge in [0.15, 0.2) is 23.9 Å². The fourth-order valence-electron chi connectivity index (χ4n) is 3.16. The van der Waals surface area contributed by atoms with E-state index >= 15 is 0 Å². The largest absolute Gasteiger partial charge is 0.432 e. The molecule has 0 N–H and O–H groups in total. The Morgan fingerprint density at radius 2 is 2.04 bits per heavy atom. The van der Waals surface area contributed by atoms with Gasteiger partial charge in [-0.15, -0.1) is 0 Å². The Balaban J connectivity index is 1.63. The number of ether oxygens (including phenoxy) is 4. The number of hydrogen-bond donors (Lipinski definition) is 0. The van der Waals surface area contributed by atoms with Crippen molar-refractivity contribution in [3.05, 3.63) is 35.4 Å². The second-order valence-corrected chi connectivity index (χ2v) is 7.37. The summed E-state index contributed by atoms with van der Waals surface area (Å²) in [4.78, 5) is 32.5. The lowest BCUT2D eigenvalue weighted by atomic mass is 10.2. The molecule has 11 heteroatoms. The van der Waals surface area contributed by atoms with E-state index in [2.05, 4.69) is 15.1 Å². The Morgan fingerprint density at radius 3 is 2.68 bits per heavy atom. The number of rotatable bonds is 4. The van der Waals surface area contributed by atoms with Crippen LogP contribution in [0.2, 0.25) is 0 Å². The summed E-state index contributed by atoms with van der Waals surface area (Å²) in [6, 6.07) is 1.60. The summed E-state index contributed by atoms with van der Waals surface area (Å²) < 4.78 is 25.7. The standard InChI is InChI=1S/C17H21N5O6/c1-9(2)14(23)26-15-12-11(27-17(3,4)28-12)13(25-15)21-6-5-10(20-16(21)24)22-8-18-7-19-22/h5-9,11-13,15H,1-4H3/t11-,12+,13-,15-/m1/s1. The highest BCUT2D eigenvalue weighted by molar-refractivity contribution is 5.71. The first-order chi connectivity index (χ1) is 13.2. The second kappa shape index (κ2) is 6.76. The van der Waals surface area contributed by atoms with Gasteiger partial charge in [-0.25, -0.2) is 14.5 Å². The highest BCUT2D eigenvalue weighted by Crippen LogP contribution is 2.43. The van der Waals surface area contributed by atoms with Crippen LogP contribution in [-0.2, 0) is 23.7 Å². The molecule has 2 fully saturated rings. The number of esters is 1. The third kappa shape index (κ3) is 3.32. The van der Waals surface area contributed by atoms with Gasteiger partial charge in [0.25, 0.3) is 0 Å². The van der Waals surface area contributed by atoms with E-state index in [0.29, 0.717) is 5.82 Å². The van der Waals surface area contributed by atoms with E-state index in [4.69, 9.17) is 18.9 Å². The van der Waals surface area contributed by atoms with Gasteiger partial charge in [-0.2, -0.15) is 10.1 Å². The third-order valence-electron chi connectivity index (χ3n) is 4.43. The van der Waals surface area contributed by atoms with Crippen molar-refractivity contribution in [2.24, 2.45) is 5.92 Å². The minimum atomic E-state index is -0.992. The van der Waals surface area contributed by atoms with E-state index in [0.717, 1.165) is 0 Å². The Kier molecular flexibility index (Phi) is 4.52. The summed E-state index contributed by atoms with van der Waals surface area (Å²) in [6.45, 7) is 6.94. The van der Waals surface area contributed by atoms with E-state index in [1.165, 1.54) is 28.1 Å². The van der Waals surface area contributed by atoms with Crippen LogP contribution in [0, 0.1) is 5.92 Å². The first kappa shape index (κ1) is 18.7. The molecule has 0 aliphatic carbocycles. The number of carbonyl (C=O) groups is 1. The van der Waals surface area contributed by atoms with E-state index in [-0.39, 0.29) is 5.92 Å². The highest BCUT2D eigenvalue weighted by atomic mass is 16.8. The molecule has 0 aromatic carbocycles. The van der Waals surface area contributed by atoms with Gasteiger partial charge in [0, 0.05) is 6.20 Å². The second-order valence-electron chi connectivity index (χ2n) is 7.37. The summed E-state index contributed by atoms with van der Waals surface area (Å²) in [6.07, 6.45) is 1.15. The fraction of sp³-hybridized carbons (Fsp3) is 0.588. The smallest absolute Gasteiger partial charge is 0.351 e. The molecular weight excluding hydrogens is 370 g/mol. The van der Waals surface area contributed by atoms with E-state index < -0.39 is 42.2 Å². The lowest BCUT2D eigenvalue weighted by Gasteiger charge is -2.25. The third-order valence-corrected chi connectivity index (χ3v) is 4.43. The van der Waals surface area contributed by atoms with Gasteiger partial charge in [-0.3, -0.25) is 9.36 Å². The zero-order valence-electron chi connectivity index (χ0n) is 15.9. The number of fused-ring (bicyclic) bond motifs is 1. The predicted molar refractivity (Wildman–Crippen MR) is 92.1 cm³/mol. The van der Waals surface area contributed by atoms with Crippen LogP contribution in [0.15, 0.2) is 29.7 Å². The monoisotopic (exact) mass is 391 g/mol. The molecule has 2 aromatic rings. The molecule has 4 heterocycles. The summed E-state index contributed by atoms with van der Waals surface area (Å²) in [5.41, 5.74) is -0.569. The molecule has 4 rings (SSSR count). The van der Waals surface area contributed by atoms with E-state index in [9.17, 15) is 9.59 Å². The summed E-state index contributed by atoms with van der Waals surface area (Å²) in [5.74, 6) is -1.34. The zero-order valence-corrected chi connectivity index (χ0v) is 15.9. The highest BCUT2D eigenvalue weighted by Gasteiger charge is 2.57. The van der Waals surface area contributed by atoms with Crippen LogP contribution in [0.1, 0.15) is 33.9 Å². The SMILES string of the molecule is CC(C)C(=O)O[C@H]1O[C@@H](n2ccc(-n3cncn3)nc2=O)[C@@H]2OC(C)(C)O[C@H]12. The van der Waals surface area contributed by atoms with Gasteiger partial charge in [-0.05, 0) is 19.9 Å². The number of carbonyl (C=O) groups excluding carboxylic acids is 1. The lowest BCUT2D eigenvalue weighted by Crippen LogP contribution is -2.35. The average molecular weight is 391 g/mol. The summed E-state index contributed by atoms with van der Waals surface area (Å²) >= 11 is 0. The minimum Gasteiger partial charge on any atom is -0.432 e. The van der Waals surface area contributed by atoms with Crippen molar-refractivity contribution < 1.29 is 23.7 Å². The van der Waals surface area contributed by atoms with Gasteiger partial charge >= 0.3 is 11.7 Å². The van der Waals surface area contributed by atoms with Crippen molar-refractivity contribution >= 4 is 5.97 Å². The van der Waals surface area contributed by atoms with Gasteiger partial charge in [0.2, 0.25) is 6.29 Å². The molecule has 2 aromatic heterocycles. The Labute approximate surface area is 160 Å². The van der Waals surface area contributed by atoms with Crippen molar-refractivity contribution in [3.63, 3.8) is 0 Å². The van der Waals surface area contributed by atoms with E-state index in [1.807, 2.05) is 0 Å². The molecule has 0 amide bonds. The van der Waals surface area contributed by atoms with Crippen molar-refractivity contribution in [2.75, 3.05) is 0 Å². The molecule has 2 aliphatic heterocycles. The summed E-state index contributed by atoms with van der Waals surface area (Å²) in [7, 11) is 0. The number of aromatic nitrogens is 5. The maximum Gasteiger partial charge on any atom is 0.351 e. The van der Waals surface area contributed by atoms with Gasteiger partial charge in [0.05, 0.1) is 5.92 Å². The van der Waals surface area contributed by atoms with Crippen molar-refractivity contribution in [3.8, 4) is 5.82 Å². The Bertz CT molecular complexity index is 924. The molecule has 11 nitrogen and oxygen atoms in total. The molecule has 2 saturated heterocycles. The molecule has 2 aliphatic rings. The van der Waals surface area contributed by atoms with Crippen molar-refractivity contribution in [1.29, 1.82) is 0 Å². The van der Waals surface area contributed by atoms with Crippen LogP contribution in [0.25, 0.3) is 5.82 Å². The first-order valence-electron chi connectivity index (χ1n) is 8.91. The number of hydrogen-bond acceptors (Lipinski definition) is 9. The molecular formula is C17H21N5O6. The molecule has 0 unspecified atom stereocenters. The van der Waals surface area contributed by atoms with Gasteiger partial charge < -0.3 is 18.9 Å².